The molecule has 0 aromatic carbocycles. The van der Waals surface area contributed by atoms with Crippen LogP contribution in [0.4, 0.5) is 5.69 Å². The van der Waals surface area contributed by atoms with Crippen LogP contribution in [0.3, 0.4) is 0 Å². The fourth-order valence-corrected chi connectivity index (χ4v) is 3.17. The van der Waals surface area contributed by atoms with Crippen molar-refractivity contribution in [2.45, 2.75) is 18.8 Å². The summed E-state index contributed by atoms with van der Waals surface area (Å²) in [6, 6.07) is 3.60. The third kappa shape index (κ3) is 2.64. The number of nitrogens with one attached hydrogen (secondary N) is 2. The Morgan fingerprint density at radius 3 is 3.00 bits per heavy atom. The monoisotopic (exact) mass is 338 g/mol. The van der Waals surface area contributed by atoms with E-state index in [1.54, 1.807) is 12.3 Å². The molecule has 1 aliphatic rings. The highest BCUT2D eigenvalue weighted by molar-refractivity contribution is 9.10. The summed E-state index contributed by atoms with van der Waals surface area (Å²) in [4.78, 5) is 27.1. The van der Waals surface area contributed by atoms with Gasteiger partial charge in [0.05, 0.1) is 4.88 Å². The summed E-state index contributed by atoms with van der Waals surface area (Å²) < 4.78 is 0.719. The number of H-pyrrole nitrogens is 1. The summed E-state index contributed by atoms with van der Waals surface area (Å²) in [7, 11) is 0. The number of hydrogen-bond donors (Lipinski definition) is 2. The zero-order valence-electron chi connectivity index (χ0n) is 9.90. The van der Waals surface area contributed by atoms with Gasteiger partial charge in [0.1, 0.15) is 5.69 Å². The van der Waals surface area contributed by atoms with Crippen molar-refractivity contribution >= 4 is 38.9 Å². The van der Waals surface area contributed by atoms with E-state index in [1.807, 2.05) is 11.4 Å². The SMILES string of the molecule is O=C(Nc1cc(Br)c[nH]c1=O)c1sccc1C1CC1. The number of halogens is 1. The van der Waals surface area contributed by atoms with Crippen LogP contribution in [0, 0.1) is 0 Å². The Labute approximate surface area is 122 Å². The Hall–Kier alpha value is -1.40. The first kappa shape index (κ1) is 12.6. The van der Waals surface area contributed by atoms with Crippen LogP contribution in [0.1, 0.15) is 34.0 Å². The lowest BCUT2D eigenvalue weighted by Gasteiger charge is -2.05. The second kappa shape index (κ2) is 4.94. The summed E-state index contributed by atoms with van der Waals surface area (Å²) in [5, 5.41) is 4.60. The van der Waals surface area contributed by atoms with Crippen molar-refractivity contribution in [2.24, 2.45) is 0 Å². The van der Waals surface area contributed by atoms with Crippen LogP contribution < -0.4 is 10.9 Å². The molecule has 0 unspecified atom stereocenters. The first-order chi connectivity index (χ1) is 9.15. The van der Waals surface area contributed by atoms with Gasteiger partial charge < -0.3 is 10.3 Å². The number of carbonyl (C=O) groups is 1. The molecule has 1 fully saturated rings. The van der Waals surface area contributed by atoms with Crippen LogP contribution in [-0.4, -0.2) is 10.9 Å². The van der Waals surface area contributed by atoms with Crippen molar-refractivity contribution in [3.8, 4) is 0 Å². The number of amides is 1. The van der Waals surface area contributed by atoms with Gasteiger partial charge in [0, 0.05) is 10.7 Å². The summed E-state index contributed by atoms with van der Waals surface area (Å²) in [5.74, 6) is 0.313. The summed E-state index contributed by atoms with van der Waals surface area (Å²) >= 11 is 4.68. The summed E-state index contributed by atoms with van der Waals surface area (Å²) in [6.45, 7) is 0. The van der Waals surface area contributed by atoms with Gasteiger partial charge >= 0.3 is 0 Å². The molecule has 1 saturated carbocycles. The third-order valence-corrected chi connectivity index (χ3v) is 4.42. The Kier molecular flexibility index (Phi) is 3.28. The molecule has 2 aromatic rings. The molecular formula is C13H11BrN2O2S. The molecule has 0 spiro atoms. The standard InChI is InChI=1S/C13H11BrN2O2S/c14-8-5-10(12(17)15-6-8)16-13(18)11-9(3-4-19-11)7-1-2-7/h3-7H,1-2H2,(H,15,17)(H,16,18). The van der Waals surface area contributed by atoms with Crippen LogP contribution in [0.15, 0.2) is 33.0 Å². The molecule has 0 saturated heterocycles. The number of anilines is 1. The largest absolute Gasteiger partial charge is 0.326 e. The maximum Gasteiger partial charge on any atom is 0.271 e. The Balaban J connectivity index is 1.86. The molecule has 1 amide bonds. The van der Waals surface area contributed by atoms with E-state index in [9.17, 15) is 9.59 Å². The minimum atomic E-state index is -0.305. The highest BCUT2D eigenvalue weighted by Crippen LogP contribution is 2.43. The van der Waals surface area contributed by atoms with Crippen molar-refractivity contribution in [1.82, 2.24) is 4.98 Å². The lowest BCUT2D eigenvalue weighted by Crippen LogP contribution is -2.19. The van der Waals surface area contributed by atoms with E-state index in [2.05, 4.69) is 26.2 Å². The molecular weight excluding hydrogens is 328 g/mol. The molecule has 2 N–H and O–H groups in total. The number of aromatic amines is 1. The lowest BCUT2D eigenvalue weighted by molar-refractivity contribution is 0.102. The van der Waals surface area contributed by atoms with Crippen molar-refractivity contribution in [2.75, 3.05) is 5.32 Å². The Morgan fingerprint density at radius 2 is 2.26 bits per heavy atom. The molecule has 98 valence electrons. The predicted octanol–water partition coefficient (Wildman–Crippen LogP) is 3.33. The van der Waals surface area contributed by atoms with Gasteiger partial charge in [0.15, 0.2) is 0 Å². The van der Waals surface area contributed by atoms with Gasteiger partial charge in [-0.05, 0) is 57.8 Å². The van der Waals surface area contributed by atoms with Crippen molar-refractivity contribution in [1.29, 1.82) is 0 Å². The van der Waals surface area contributed by atoms with Gasteiger partial charge in [-0.3, -0.25) is 9.59 Å². The van der Waals surface area contributed by atoms with Gasteiger partial charge in [-0.1, -0.05) is 0 Å². The topological polar surface area (TPSA) is 62.0 Å². The van der Waals surface area contributed by atoms with Crippen LogP contribution in [0.5, 0.6) is 0 Å². The van der Waals surface area contributed by atoms with Gasteiger partial charge in [-0.25, -0.2) is 0 Å². The first-order valence-electron chi connectivity index (χ1n) is 5.92. The number of hydrogen-bond acceptors (Lipinski definition) is 3. The molecule has 6 heteroatoms. The van der Waals surface area contributed by atoms with E-state index < -0.39 is 0 Å². The molecule has 2 heterocycles. The van der Waals surface area contributed by atoms with Crippen LogP contribution in [0.25, 0.3) is 0 Å². The van der Waals surface area contributed by atoms with E-state index in [4.69, 9.17) is 0 Å². The van der Waals surface area contributed by atoms with E-state index in [0.717, 1.165) is 22.9 Å². The van der Waals surface area contributed by atoms with Gasteiger partial charge in [0.25, 0.3) is 11.5 Å². The number of aromatic nitrogens is 1. The smallest absolute Gasteiger partial charge is 0.271 e. The third-order valence-electron chi connectivity index (χ3n) is 3.04. The van der Waals surface area contributed by atoms with E-state index in [-0.39, 0.29) is 17.2 Å². The predicted molar refractivity (Wildman–Crippen MR) is 79.0 cm³/mol. The quantitative estimate of drug-likeness (QED) is 0.901. The molecule has 0 radical (unpaired) electrons. The molecule has 0 bridgehead atoms. The number of pyridine rings is 1. The second-order valence-electron chi connectivity index (χ2n) is 4.49. The maximum atomic E-state index is 12.2. The van der Waals surface area contributed by atoms with Crippen LogP contribution >= 0.6 is 27.3 Å². The average molecular weight is 339 g/mol. The van der Waals surface area contributed by atoms with Crippen molar-refractivity contribution in [3.63, 3.8) is 0 Å². The molecule has 0 atom stereocenters. The van der Waals surface area contributed by atoms with Crippen LogP contribution in [0.2, 0.25) is 0 Å². The zero-order valence-corrected chi connectivity index (χ0v) is 12.3. The summed E-state index contributed by atoms with van der Waals surface area (Å²) in [6.07, 6.45) is 3.84. The first-order valence-corrected chi connectivity index (χ1v) is 7.59. The fourth-order valence-electron chi connectivity index (χ4n) is 1.95. The van der Waals surface area contributed by atoms with Gasteiger partial charge in [-0.15, -0.1) is 11.3 Å². The zero-order chi connectivity index (χ0) is 13.4. The number of thiophene rings is 1. The van der Waals surface area contributed by atoms with Gasteiger partial charge in [0.2, 0.25) is 0 Å². The molecule has 4 nitrogen and oxygen atoms in total. The summed E-state index contributed by atoms with van der Waals surface area (Å²) in [5.41, 5.74) is 1.06. The van der Waals surface area contributed by atoms with E-state index in [1.165, 1.54) is 11.3 Å². The highest BCUT2D eigenvalue weighted by Gasteiger charge is 2.29. The molecule has 19 heavy (non-hydrogen) atoms. The van der Waals surface area contributed by atoms with Crippen molar-refractivity contribution in [3.05, 3.63) is 49.0 Å². The van der Waals surface area contributed by atoms with Crippen molar-refractivity contribution < 1.29 is 4.79 Å². The molecule has 0 aliphatic heterocycles. The normalized spacial score (nSPS) is 14.4. The number of carbonyl (C=O) groups excluding carboxylic acids is 1. The minimum absolute atomic E-state index is 0.208. The minimum Gasteiger partial charge on any atom is -0.326 e. The maximum absolute atomic E-state index is 12.2. The molecule has 3 rings (SSSR count). The molecule has 1 aliphatic carbocycles. The Bertz CT molecular complexity index is 688. The fraction of sp³-hybridized carbons (Fsp3) is 0.231. The average Bonchev–Trinajstić information content (AvgIpc) is 3.11. The lowest BCUT2D eigenvalue weighted by atomic mass is 10.1. The van der Waals surface area contributed by atoms with E-state index >= 15 is 0 Å². The molecule has 2 aromatic heterocycles. The number of rotatable bonds is 3. The second-order valence-corrected chi connectivity index (χ2v) is 6.33. The highest BCUT2D eigenvalue weighted by atomic mass is 79.9. The van der Waals surface area contributed by atoms with Gasteiger partial charge in [-0.2, -0.15) is 0 Å². The Morgan fingerprint density at radius 1 is 1.47 bits per heavy atom. The van der Waals surface area contributed by atoms with Crippen LogP contribution in [-0.2, 0) is 0 Å². The van der Waals surface area contributed by atoms with E-state index in [0.29, 0.717) is 10.8 Å².